The van der Waals surface area contributed by atoms with E-state index in [0.717, 1.165) is 10.8 Å². The van der Waals surface area contributed by atoms with E-state index in [1.54, 1.807) is 43.5 Å². The molecule has 32 heavy (non-hydrogen) atoms. The van der Waals surface area contributed by atoms with E-state index < -0.39 is 10.0 Å². The van der Waals surface area contributed by atoms with Gasteiger partial charge in [0.25, 0.3) is 15.9 Å². The highest BCUT2D eigenvalue weighted by atomic mass is 32.2. The van der Waals surface area contributed by atoms with Gasteiger partial charge in [0.15, 0.2) is 0 Å². The van der Waals surface area contributed by atoms with Crippen LogP contribution >= 0.6 is 0 Å². The average Bonchev–Trinajstić information content (AvgIpc) is 2.83. The third-order valence-electron chi connectivity index (χ3n) is 5.20. The molecule has 0 fully saturated rings. The number of fused-ring (bicyclic) bond motifs is 1. The van der Waals surface area contributed by atoms with Crippen molar-refractivity contribution in [2.75, 3.05) is 23.8 Å². The molecule has 0 heterocycles. The predicted octanol–water partition coefficient (Wildman–Crippen LogP) is 4.93. The third kappa shape index (κ3) is 4.29. The summed E-state index contributed by atoms with van der Waals surface area (Å²) in [6, 6.07) is 26.2. The highest BCUT2D eigenvalue weighted by Crippen LogP contribution is 2.25. The molecular weight excluding hydrogens is 424 g/mol. The van der Waals surface area contributed by atoms with Crippen molar-refractivity contribution in [1.82, 2.24) is 0 Å². The Kier molecular flexibility index (Phi) is 5.83. The van der Waals surface area contributed by atoms with Crippen molar-refractivity contribution in [3.8, 4) is 5.75 Å². The van der Waals surface area contributed by atoms with Crippen LogP contribution in [0.15, 0.2) is 95.9 Å². The Morgan fingerprint density at radius 3 is 2.28 bits per heavy atom. The molecule has 1 amide bonds. The summed E-state index contributed by atoms with van der Waals surface area (Å²) in [5, 5.41) is 4.91. The number of hydrogen-bond acceptors (Lipinski definition) is 4. The van der Waals surface area contributed by atoms with Crippen LogP contribution in [0.2, 0.25) is 0 Å². The molecule has 0 unspecified atom stereocenters. The lowest BCUT2D eigenvalue weighted by molar-refractivity contribution is 0.102. The van der Waals surface area contributed by atoms with Crippen LogP contribution in [-0.2, 0) is 10.0 Å². The quantitative estimate of drug-likeness (QED) is 0.456. The van der Waals surface area contributed by atoms with Gasteiger partial charge < -0.3 is 10.1 Å². The van der Waals surface area contributed by atoms with E-state index in [9.17, 15) is 13.2 Å². The lowest BCUT2D eigenvalue weighted by Gasteiger charge is -2.20. The van der Waals surface area contributed by atoms with Crippen LogP contribution in [0.5, 0.6) is 5.75 Å². The van der Waals surface area contributed by atoms with Crippen molar-refractivity contribution < 1.29 is 17.9 Å². The maximum atomic E-state index is 13.1. The first-order valence-electron chi connectivity index (χ1n) is 9.92. The fraction of sp³-hybridized carbons (Fsp3) is 0.0800. The van der Waals surface area contributed by atoms with Crippen molar-refractivity contribution in [3.05, 3.63) is 96.6 Å². The minimum absolute atomic E-state index is 0.0296. The number of methoxy groups -OCH3 is 1. The lowest BCUT2D eigenvalue weighted by atomic mass is 10.1. The number of carbonyl (C=O) groups excluding carboxylic acids is 1. The second-order valence-corrected chi connectivity index (χ2v) is 9.18. The molecule has 0 atom stereocenters. The van der Waals surface area contributed by atoms with E-state index >= 15 is 0 Å². The molecule has 0 aliphatic rings. The van der Waals surface area contributed by atoms with Crippen molar-refractivity contribution in [1.29, 1.82) is 0 Å². The Hall–Kier alpha value is -3.84. The van der Waals surface area contributed by atoms with Crippen LogP contribution in [0.3, 0.4) is 0 Å². The van der Waals surface area contributed by atoms with Gasteiger partial charge in [0.05, 0.1) is 17.7 Å². The molecule has 0 radical (unpaired) electrons. The van der Waals surface area contributed by atoms with Crippen LogP contribution in [-0.4, -0.2) is 28.5 Å². The highest BCUT2D eigenvalue weighted by Gasteiger charge is 2.22. The molecule has 0 aliphatic carbocycles. The number of rotatable bonds is 6. The Morgan fingerprint density at radius 2 is 1.56 bits per heavy atom. The first kappa shape index (κ1) is 21.4. The molecule has 6 nitrogen and oxygen atoms in total. The zero-order chi connectivity index (χ0) is 22.7. The monoisotopic (exact) mass is 446 g/mol. The molecular formula is C25H22N2O4S. The van der Waals surface area contributed by atoms with Gasteiger partial charge in [-0.15, -0.1) is 0 Å². The topological polar surface area (TPSA) is 75.7 Å². The number of ether oxygens (including phenoxy) is 1. The maximum Gasteiger partial charge on any atom is 0.264 e. The van der Waals surface area contributed by atoms with E-state index in [4.69, 9.17) is 4.74 Å². The standard InChI is InChI=1S/C25H22N2O4S/c1-27(22-12-14-23(31-2)15-13-22)32(29,30)24-9-5-8-20(17-24)25(28)26-21-11-10-18-6-3-4-7-19(18)16-21/h3-17H,1-2H3,(H,26,28). The fourth-order valence-corrected chi connectivity index (χ4v) is 4.60. The minimum atomic E-state index is -3.86. The van der Waals surface area contributed by atoms with Crippen molar-refractivity contribution in [3.63, 3.8) is 0 Å². The van der Waals surface area contributed by atoms with Crippen LogP contribution < -0.4 is 14.4 Å². The number of carbonyl (C=O) groups is 1. The molecule has 1 N–H and O–H groups in total. The van der Waals surface area contributed by atoms with Gasteiger partial charge >= 0.3 is 0 Å². The third-order valence-corrected chi connectivity index (χ3v) is 6.98. The summed E-state index contributed by atoms with van der Waals surface area (Å²) >= 11 is 0. The second kappa shape index (κ2) is 8.72. The SMILES string of the molecule is COc1ccc(N(C)S(=O)(=O)c2cccc(C(=O)Nc3ccc4ccccc4c3)c2)cc1. The van der Waals surface area contributed by atoms with Gasteiger partial charge in [0.1, 0.15) is 5.75 Å². The zero-order valence-corrected chi connectivity index (χ0v) is 18.5. The number of amides is 1. The molecule has 4 aromatic rings. The number of nitrogens with one attached hydrogen (secondary N) is 1. The molecule has 162 valence electrons. The smallest absolute Gasteiger partial charge is 0.264 e. The van der Waals surface area contributed by atoms with Gasteiger partial charge in [-0.3, -0.25) is 9.10 Å². The Balaban J connectivity index is 1.57. The summed E-state index contributed by atoms with van der Waals surface area (Å²) in [6.45, 7) is 0. The summed E-state index contributed by atoms with van der Waals surface area (Å²) in [5.41, 5.74) is 1.37. The van der Waals surface area contributed by atoms with Gasteiger partial charge in [-0.05, 0) is 65.4 Å². The van der Waals surface area contributed by atoms with Crippen molar-refractivity contribution in [2.24, 2.45) is 0 Å². The second-order valence-electron chi connectivity index (χ2n) is 7.21. The molecule has 4 aromatic carbocycles. The number of nitrogens with zero attached hydrogens (tertiary/aromatic N) is 1. The molecule has 0 aromatic heterocycles. The van der Waals surface area contributed by atoms with Crippen LogP contribution in [0.25, 0.3) is 10.8 Å². The molecule has 0 saturated heterocycles. The molecule has 0 saturated carbocycles. The molecule has 0 aliphatic heterocycles. The van der Waals surface area contributed by atoms with E-state index in [2.05, 4.69) is 5.32 Å². The molecule has 0 spiro atoms. The van der Waals surface area contributed by atoms with Gasteiger partial charge in [-0.25, -0.2) is 8.42 Å². The summed E-state index contributed by atoms with van der Waals surface area (Å²) < 4.78 is 32.6. The van der Waals surface area contributed by atoms with E-state index in [1.165, 1.54) is 23.5 Å². The van der Waals surface area contributed by atoms with Gasteiger partial charge in [-0.2, -0.15) is 0 Å². The molecule has 0 bridgehead atoms. The lowest BCUT2D eigenvalue weighted by Crippen LogP contribution is -2.26. The number of anilines is 2. The number of hydrogen-bond donors (Lipinski definition) is 1. The summed E-state index contributed by atoms with van der Waals surface area (Å²) in [7, 11) is -0.840. The van der Waals surface area contributed by atoms with Crippen LogP contribution in [0, 0.1) is 0 Å². The van der Waals surface area contributed by atoms with E-state index in [1.807, 2.05) is 42.5 Å². The van der Waals surface area contributed by atoms with E-state index in [-0.39, 0.29) is 16.4 Å². The normalized spacial score (nSPS) is 11.2. The first-order valence-corrected chi connectivity index (χ1v) is 11.4. The maximum absolute atomic E-state index is 13.1. The van der Waals surface area contributed by atoms with Crippen LogP contribution in [0.4, 0.5) is 11.4 Å². The van der Waals surface area contributed by atoms with Gasteiger partial charge in [-0.1, -0.05) is 36.4 Å². The van der Waals surface area contributed by atoms with E-state index in [0.29, 0.717) is 17.1 Å². The molecule has 7 heteroatoms. The summed E-state index contributed by atoms with van der Waals surface area (Å²) in [4.78, 5) is 12.8. The minimum Gasteiger partial charge on any atom is -0.497 e. The first-order chi connectivity index (χ1) is 15.4. The molecule has 4 rings (SSSR count). The number of benzene rings is 4. The number of sulfonamides is 1. The van der Waals surface area contributed by atoms with Crippen molar-refractivity contribution >= 4 is 38.1 Å². The van der Waals surface area contributed by atoms with Crippen LogP contribution in [0.1, 0.15) is 10.4 Å². The zero-order valence-electron chi connectivity index (χ0n) is 17.6. The Labute approximate surface area is 187 Å². The average molecular weight is 447 g/mol. The highest BCUT2D eigenvalue weighted by molar-refractivity contribution is 7.92. The largest absolute Gasteiger partial charge is 0.497 e. The predicted molar refractivity (Wildman–Crippen MR) is 127 cm³/mol. The fourth-order valence-electron chi connectivity index (χ4n) is 3.36. The Bertz CT molecular complexity index is 1380. The summed E-state index contributed by atoms with van der Waals surface area (Å²) in [6.07, 6.45) is 0. The van der Waals surface area contributed by atoms with Gasteiger partial charge in [0.2, 0.25) is 0 Å². The Morgan fingerprint density at radius 1 is 0.844 bits per heavy atom. The van der Waals surface area contributed by atoms with Gasteiger partial charge in [0, 0.05) is 18.3 Å². The summed E-state index contributed by atoms with van der Waals surface area (Å²) in [5.74, 6) is 0.247. The van der Waals surface area contributed by atoms with Crippen molar-refractivity contribution in [2.45, 2.75) is 4.90 Å².